The van der Waals surface area contributed by atoms with Crippen molar-refractivity contribution >= 4 is 23.3 Å². The van der Waals surface area contributed by atoms with Gasteiger partial charge in [-0.05, 0) is 36.2 Å². The summed E-state index contributed by atoms with van der Waals surface area (Å²) in [5, 5.41) is 5.03. The zero-order valence-corrected chi connectivity index (χ0v) is 14.6. The third kappa shape index (κ3) is 5.34. The van der Waals surface area contributed by atoms with Gasteiger partial charge >= 0.3 is 0 Å². The smallest absolute Gasteiger partial charge is 0.244 e. The topological polar surface area (TPSA) is 32.3 Å². The number of hydrogen-bond donors (Lipinski definition) is 1. The number of likely N-dealkylation sites (N-methyl/N-ethyl adjacent to an activating group) is 1. The normalized spacial score (nSPS) is 12.7. The summed E-state index contributed by atoms with van der Waals surface area (Å²) >= 11 is 1.62. The summed E-state index contributed by atoms with van der Waals surface area (Å²) in [6.45, 7) is 6.82. The predicted molar refractivity (Wildman–Crippen MR) is 98.5 cm³/mol. The van der Waals surface area contributed by atoms with Crippen LogP contribution >= 0.6 is 11.3 Å². The summed E-state index contributed by atoms with van der Waals surface area (Å²) in [5.41, 5.74) is 1.23. The van der Waals surface area contributed by atoms with Crippen molar-refractivity contribution in [3.05, 3.63) is 64.4 Å². The Morgan fingerprint density at radius 3 is 2.52 bits per heavy atom. The Morgan fingerprint density at radius 1 is 1.17 bits per heavy atom. The fraction of sp³-hybridized carbons (Fsp3) is 0.316. The molecular weight excluding hydrogens is 304 g/mol. The summed E-state index contributed by atoms with van der Waals surface area (Å²) in [4.78, 5) is 15.5. The Labute approximate surface area is 142 Å². The molecule has 1 unspecified atom stereocenters. The maximum atomic E-state index is 12.1. The van der Waals surface area contributed by atoms with E-state index < -0.39 is 0 Å². The van der Waals surface area contributed by atoms with Gasteiger partial charge in [0.15, 0.2) is 0 Å². The summed E-state index contributed by atoms with van der Waals surface area (Å²) in [5.74, 6) is -0.0495. The molecule has 23 heavy (non-hydrogen) atoms. The summed E-state index contributed by atoms with van der Waals surface area (Å²) in [7, 11) is 0. The maximum absolute atomic E-state index is 12.1. The molecule has 3 nitrogen and oxygen atoms in total. The second-order valence-corrected chi connectivity index (χ2v) is 6.22. The van der Waals surface area contributed by atoms with Crippen LogP contribution in [-0.2, 0) is 4.79 Å². The fourth-order valence-electron chi connectivity index (χ4n) is 2.60. The van der Waals surface area contributed by atoms with Gasteiger partial charge in [0.25, 0.3) is 0 Å². The molecule has 0 spiro atoms. The SMILES string of the molecule is CCN(CC)C(CNC(=O)/C=C/c1cccs1)c1ccccc1. The van der Waals surface area contributed by atoms with Crippen LogP contribution in [-0.4, -0.2) is 30.4 Å². The first-order valence-electron chi connectivity index (χ1n) is 8.03. The molecule has 0 saturated heterocycles. The number of thiophene rings is 1. The number of nitrogens with zero attached hydrogens (tertiary/aromatic N) is 1. The lowest BCUT2D eigenvalue weighted by atomic mass is 10.1. The van der Waals surface area contributed by atoms with Crippen molar-refractivity contribution in [2.24, 2.45) is 0 Å². The van der Waals surface area contributed by atoms with Crippen LogP contribution in [0.15, 0.2) is 53.9 Å². The van der Waals surface area contributed by atoms with Crippen molar-refractivity contribution in [3.8, 4) is 0 Å². The third-order valence-corrected chi connectivity index (χ3v) is 4.69. The molecule has 2 aromatic rings. The molecular formula is C19H24N2OS. The second kappa shape index (κ2) is 9.28. The van der Waals surface area contributed by atoms with E-state index in [1.54, 1.807) is 17.4 Å². The van der Waals surface area contributed by atoms with Gasteiger partial charge in [-0.25, -0.2) is 0 Å². The highest BCUT2D eigenvalue weighted by atomic mass is 32.1. The number of amides is 1. The zero-order valence-electron chi connectivity index (χ0n) is 13.7. The molecule has 2 rings (SSSR count). The Hall–Kier alpha value is -1.91. The Balaban J connectivity index is 1.99. The van der Waals surface area contributed by atoms with Gasteiger partial charge < -0.3 is 5.32 Å². The molecule has 0 aliphatic carbocycles. The van der Waals surface area contributed by atoms with Crippen LogP contribution in [0.1, 0.15) is 30.3 Å². The first kappa shape index (κ1) is 17.4. The summed E-state index contributed by atoms with van der Waals surface area (Å²) in [6.07, 6.45) is 3.46. The molecule has 0 fully saturated rings. The number of carbonyl (C=O) groups is 1. The third-order valence-electron chi connectivity index (χ3n) is 3.85. The van der Waals surface area contributed by atoms with Crippen LogP contribution in [0.2, 0.25) is 0 Å². The van der Waals surface area contributed by atoms with Gasteiger partial charge in [-0.15, -0.1) is 11.3 Å². The van der Waals surface area contributed by atoms with Gasteiger partial charge in [0.05, 0.1) is 6.04 Å². The number of rotatable bonds is 8. The van der Waals surface area contributed by atoms with Crippen molar-refractivity contribution in [1.29, 1.82) is 0 Å². The molecule has 1 amide bonds. The molecule has 1 aromatic carbocycles. The van der Waals surface area contributed by atoms with E-state index in [1.807, 2.05) is 41.8 Å². The standard InChI is InChI=1S/C19H24N2OS/c1-3-21(4-2)18(16-9-6-5-7-10-16)15-20-19(22)13-12-17-11-8-14-23-17/h5-14,18H,3-4,15H2,1-2H3,(H,20,22)/b13-12+. The van der Waals surface area contributed by atoms with Gasteiger partial charge in [0.1, 0.15) is 0 Å². The average Bonchev–Trinajstić information content (AvgIpc) is 3.11. The van der Waals surface area contributed by atoms with E-state index >= 15 is 0 Å². The lowest BCUT2D eigenvalue weighted by Gasteiger charge is -2.30. The van der Waals surface area contributed by atoms with E-state index in [1.165, 1.54) is 5.56 Å². The van der Waals surface area contributed by atoms with Crippen molar-refractivity contribution < 1.29 is 4.79 Å². The number of carbonyl (C=O) groups excluding carboxylic acids is 1. The first-order chi connectivity index (χ1) is 11.2. The van der Waals surface area contributed by atoms with Crippen molar-refractivity contribution in [2.45, 2.75) is 19.9 Å². The van der Waals surface area contributed by atoms with Crippen LogP contribution in [0.5, 0.6) is 0 Å². The van der Waals surface area contributed by atoms with Gasteiger partial charge in [-0.1, -0.05) is 50.2 Å². The largest absolute Gasteiger partial charge is 0.351 e. The molecule has 0 bridgehead atoms. The Morgan fingerprint density at radius 2 is 1.91 bits per heavy atom. The number of hydrogen-bond acceptors (Lipinski definition) is 3. The van der Waals surface area contributed by atoms with E-state index in [4.69, 9.17) is 0 Å². The van der Waals surface area contributed by atoms with E-state index in [-0.39, 0.29) is 11.9 Å². The minimum absolute atomic E-state index is 0.0495. The minimum Gasteiger partial charge on any atom is -0.351 e. The first-order valence-corrected chi connectivity index (χ1v) is 8.91. The quantitative estimate of drug-likeness (QED) is 0.744. The van der Waals surface area contributed by atoms with E-state index in [2.05, 4.69) is 36.2 Å². The van der Waals surface area contributed by atoms with E-state index in [0.29, 0.717) is 6.54 Å². The molecule has 0 aliphatic rings. The van der Waals surface area contributed by atoms with Crippen molar-refractivity contribution in [3.63, 3.8) is 0 Å². The summed E-state index contributed by atoms with van der Waals surface area (Å²) in [6, 6.07) is 14.5. The van der Waals surface area contributed by atoms with Crippen LogP contribution in [0.25, 0.3) is 6.08 Å². The molecule has 1 atom stereocenters. The van der Waals surface area contributed by atoms with Crippen LogP contribution < -0.4 is 5.32 Å². The molecule has 1 N–H and O–H groups in total. The molecule has 0 radical (unpaired) electrons. The highest BCUT2D eigenvalue weighted by molar-refractivity contribution is 7.10. The van der Waals surface area contributed by atoms with Crippen LogP contribution in [0.4, 0.5) is 0 Å². The molecule has 0 saturated carbocycles. The second-order valence-electron chi connectivity index (χ2n) is 5.24. The van der Waals surface area contributed by atoms with Gasteiger partial charge in [0.2, 0.25) is 5.91 Å². The molecule has 4 heteroatoms. The van der Waals surface area contributed by atoms with Crippen LogP contribution in [0.3, 0.4) is 0 Å². The predicted octanol–water partition coefficient (Wildman–Crippen LogP) is 3.96. The fourth-order valence-corrected chi connectivity index (χ4v) is 3.22. The Bertz CT molecular complexity index is 604. The average molecular weight is 328 g/mol. The highest BCUT2D eigenvalue weighted by Crippen LogP contribution is 2.19. The molecule has 122 valence electrons. The monoisotopic (exact) mass is 328 g/mol. The van der Waals surface area contributed by atoms with E-state index in [0.717, 1.165) is 18.0 Å². The lowest BCUT2D eigenvalue weighted by molar-refractivity contribution is -0.116. The Kier molecular flexibility index (Phi) is 7.04. The lowest BCUT2D eigenvalue weighted by Crippen LogP contribution is -2.37. The molecule has 0 aliphatic heterocycles. The zero-order chi connectivity index (χ0) is 16.5. The minimum atomic E-state index is -0.0495. The summed E-state index contributed by atoms with van der Waals surface area (Å²) < 4.78 is 0. The van der Waals surface area contributed by atoms with Gasteiger partial charge in [0, 0.05) is 17.5 Å². The molecule has 1 heterocycles. The van der Waals surface area contributed by atoms with E-state index in [9.17, 15) is 4.79 Å². The number of benzene rings is 1. The van der Waals surface area contributed by atoms with Gasteiger partial charge in [-0.3, -0.25) is 9.69 Å². The van der Waals surface area contributed by atoms with Crippen molar-refractivity contribution in [2.75, 3.05) is 19.6 Å². The number of nitrogens with one attached hydrogen (secondary N) is 1. The molecule has 1 aromatic heterocycles. The maximum Gasteiger partial charge on any atom is 0.244 e. The van der Waals surface area contributed by atoms with Gasteiger partial charge in [-0.2, -0.15) is 0 Å². The highest BCUT2D eigenvalue weighted by Gasteiger charge is 2.17. The van der Waals surface area contributed by atoms with Crippen molar-refractivity contribution in [1.82, 2.24) is 10.2 Å². The van der Waals surface area contributed by atoms with Crippen LogP contribution in [0, 0.1) is 0 Å².